The fraction of sp³-hybridized carbons (Fsp3) is 0.316. The highest BCUT2D eigenvalue weighted by Crippen LogP contribution is 2.22. The Labute approximate surface area is 149 Å². The van der Waals surface area contributed by atoms with Crippen molar-refractivity contribution in [2.45, 2.75) is 6.92 Å². The molecular formula is C19H23N3OS. The molecule has 0 spiro atoms. The molecule has 1 aliphatic heterocycles. The molecule has 5 heteroatoms. The van der Waals surface area contributed by atoms with Crippen LogP contribution in [0.15, 0.2) is 48.5 Å². The van der Waals surface area contributed by atoms with Gasteiger partial charge in [0, 0.05) is 43.6 Å². The fourth-order valence-corrected chi connectivity index (χ4v) is 3.11. The Bertz CT molecular complexity index is 694. The molecule has 2 aromatic rings. The van der Waals surface area contributed by atoms with Crippen LogP contribution in [0.5, 0.6) is 5.75 Å². The van der Waals surface area contributed by atoms with Crippen LogP contribution >= 0.6 is 12.2 Å². The summed E-state index contributed by atoms with van der Waals surface area (Å²) in [5.74, 6) is 0.895. The molecule has 0 unspecified atom stereocenters. The number of ether oxygens (including phenoxy) is 1. The second-order valence-electron chi connectivity index (χ2n) is 5.97. The minimum atomic E-state index is 0.796. The molecular weight excluding hydrogens is 318 g/mol. The van der Waals surface area contributed by atoms with Crippen LogP contribution < -0.4 is 15.0 Å². The van der Waals surface area contributed by atoms with Gasteiger partial charge < -0.3 is 19.9 Å². The maximum Gasteiger partial charge on any atom is 0.173 e. The molecule has 24 heavy (non-hydrogen) atoms. The van der Waals surface area contributed by atoms with Crippen molar-refractivity contribution in [3.63, 3.8) is 0 Å². The summed E-state index contributed by atoms with van der Waals surface area (Å²) in [5, 5.41) is 4.13. The van der Waals surface area contributed by atoms with Gasteiger partial charge in [0.25, 0.3) is 0 Å². The van der Waals surface area contributed by atoms with Gasteiger partial charge >= 0.3 is 0 Å². The molecule has 4 nitrogen and oxygen atoms in total. The van der Waals surface area contributed by atoms with Crippen molar-refractivity contribution in [3.05, 3.63) is 54.1 Å². The monoisotopic (exact) mass is 341 g/mol. The molecule has 1 aliphatic rings. The summed E-state index contributed by atoms with van der Waals surface area (Å²) in [4.78, 5) is 4.60. The molecule has 0 aromatic heterocycles. The zero-order valence-corrected chi connectivity index (χ0v) is 15.0. The normalized spacial score (nSPS) is 14.4. The van der Waals surface area contributed by atoms with E-state index in [9.17, 15) is 0 Å². The van der Waals surface area contributed by atoms with E-state index < -0.39 is 0 Å². The van der Waals surface area contributed by atoms with Gasteiger partial charge in [-0.05, 0) is 43.4 Å². The number of nitrogens with zero attached hydrogens (tertiary/aromatic N) is 2. The summed E-state index contributed by atoms with van der Waals surface area (Å²) in [6.07, 6.45) is 0. The summed E-state index contributed by atoms with van der Waals surface area (Å²) in [6, 6.07) is 16.5. The fourth-order valence-electron chi connectivity index (χ4n) is 2.81. The second-order valence-corrected chi connectivity index (χ2v) is 6.36. The number of hydrogen-bond acceptors (Lipinski definition) is 3. The number of rotatable bonds is 3. The lowest BCUT2D eigenvalue weighted by atomic mass is 10.2. The first-order valence-electron chi connectivity index (χ1n) is 8.17. The Morgan fingerprint density at radius 3 is 2.42 bits per heavy atom. The molecule has 2 aromatic carbocycles. The van der Waals surface area contributed by atoms with E-state index >= 15 is 0 Å². The standard InChI is InChI=1S/C19H23N3OS/c1-15-6-8-16(9-7-15)20-19(24)22-12-10-21(11-13-22)17-4-3-5-18(14-17)23-2/h3-9,14H,10-13H2,1-2H3,(H,20,24). The number of thiocarbonyl (C=S) groups is 1. The van der Waals surface area contributed by atoms with Gasteiger partial charge in [0.15, 0.2) is 5.11 Å². The van der Waals surface area contributed by atoms with Crippen molar-refractivity contribution in [2.24, 2.45) is 0 Å². The largest absolute Gasteiger partial charge is 0.497 e. The highest BCUT2D eigenvalue weighted by Gasteiger charge is 2.19. The molecule has 0 amide bonds. The molecule has 0 atom stereocenters. The maximum atomic E-state index is 5.56. The SMILES string of the molecule is COc1cccc(N2CCN(C(=S)Nc3ccc(C)cc3)CC2)c1. The molecule has 1 fully saturated rings. The van der Waals surface area contributed by atoms with Gasteiger partial charge in [-0.2, -0.15) is 0 Å². The van der Waals surface area contributed by atoms with Crippen LogP contribution in [-0.2, 0) is 0 Å². The van der Waals surface area contributed by atoms with Crippen molar-refractivity contribution in [3.8, 4) is 5.75 Å². The van der Waals surface area contributed by atoms with Gasteiger partial charge in [-0.3, -0.25) is 0 Å². The van der Waals surface area contributed by atoms with Crippen molar-refractivity contribution < 1.29 is 4.74 Å². The Hall–Kier alpha value is -2.27. The highest BCUT2D eigenvalue weighted by molar-refractivity contribution is 7.80. The first-order chi connectivity index (χ1) is 11.7. The minimum Gasteiger partial charge on any atom is -0.497 e. The van der Waals surface area contributed by atoms with Crippen molar-refractivity contribution in [1.29, 1.82) is 0 Å². The van der Waals surface area contributed by atoms with E-state index in [4.69, 9.17) is 17.0 Å². The topological polar surface area (TPSA) is 27.7 Å². The predicted octanol–water partition coefficient (Wildman–Crippen LogP) is 3.52. The molecule has 1 N–H and O–H groups in total. The quantitative estimate of drug-likeness (QED) is 0.862. The van der Waals surface area contributed by atoms with E-state index in [0.29, 0.717) is 0 Å². The molecule has 3 rings (SSSR count). The third-order valence-electron chi connectivity index (χ3n) is 4.29. The van der Waals surface area contributed by atoms with Crippen LogP contribution in [0.3, 0.4) is 0 Å². The van der Waals surface area contributed by atoms with Gasteiger partial charge in [-0.25, -0.2) is 0 Å². The summed E-state index contributed by atoms with van der Waals surface area (Å²) >= 11 is 5.56. The first kappa shape index (κ1) is 16.6. The number of hydrogen-bond donors (Lipinski definition) is 1. The molecule has 1 saturated heterocycles. The van der Waals surface area contributed by atoms with E-state index in [1.807, 2.05) is 12.1 Å². The average Bonchev–Trinajstić information content (AvgIpc) is 2.64. The summed E-state index contributed by atoms with van der Waals surface area (Å²) in [5.41, 5.74) is 3.49. The molecule has 0 radical (unpaired) electrons. The van der Waals surface area contributed by atoms with E-state index in [2.05, 4.69) is 58.4 Å². The van der Waals surface area contributed by atoms with E-state index in [1.165, 1.54) is 11.3 Å². The smallest absolute Gasteiger partial charge is 0.173 e. The molecule has 0 aliphatic carbocycles. The Morgan fingerprint density at radius 2 is 1.75 bits per heavy atom. The molecule has 0 saturated carbocycles. The molecule has 0 bridgehead atoms. The number of methoxy groups -OCH3 is 1. The number of nitrogens with one attached hydrogen (secondary N) is 1. The second kappa shape index (κ2) is 7.53. The average molecular weight is 341 g/mol. The first-order valence-corrected chi connectivity index (χ1v) is 8.58. The van der Waals surface area contributed by atoms with Crippen LogP contribution in [-0.4, -0.2) is 43.3 Å². The van der Waals surface area contributed by atoms with Gasteiger partial charge in [0.05, 0.1) is 7.11 Å². The van der Waals surface area contributed by atoms with Gasteiger partial charge in [-0.1, -0.05) is 23.8 Å². The van der Waals surface area contributed by atoms with Crippen LogP contribution in [0, 0.1) is 6.92 Å². The Morgan fingerprint density at radius 1 is 1.04 bits per heavy atom. The predicted molar refractivity (Wildman–Crippen MR) is 104 cm³/mol. The third-order valence-corrected chi connectivity index (χ3v) is 4.65. The number of anilines is 2. The summed E-state index contributed by atoms with van der Waals surface area (Å²) < 4.78 is 5.31. The lowest BCUT2D eigenvalue weighted by Crippen LogP contribution is -2.50. The summed E-state index contributed by atoms with van der Waals surface area (Å²) in [6.45, 7) is 5.80. The van der Waals surface area contributed by atoms with Crippen molar-refractivity contribution in [2.75, 3.05) is 43.5 Å². The Kier molecular flexibility index (Phi) is 5.20. The number of aryl methyl sites for hydroxylation is 1. The molecule has 126 valence electrons. The van der Waals surface area contributed by atoms with Crippen LogP contribution in [0.2, 0.25) is 0 Å². The summed E-state index contributed by atoms with van der Waals surface area (Å²) in [7, 11) is 1.70. The number of benzene rings is 2. The minimum absolute atomic E-state index is 0.796. The van der Waals surface area contributed by atoms with E-state index in [-0.39, 0.29) is 0 Å². The lowest BCUT2D eigenvalue weighted by molar-refractivity contribution is 0.389. The van der Waals surface area contributed by atoms with Gasteiger partial charge in [0.1, 0.15) is 5.75 Å². The third kappa shape index (κ3) is 3.97. The van der Waals surface area contributed by atoms with Crippen LogP contribution in [0.25, 0.3) is 0 Å². The van der Waals surface area contributed by atoms with Crippen LogP contribution in [0.1, 0.15) is 5.56 Å². The van der Waals surface area contributed by atoms with E-state index in [0.717, 1.165) is 42.7 Å². The van der Waals surface area contributed by atoms with Gasteiger partial charge in [-0.15, -0.1) is 0 Å². The van der Waals surface area contributed by atoms with Gasteiger partial charge in [0.2, 0.25) is 0 Å². The van der Waals surface area contributed by atoms with Crippen molar-refractivity contribution >= 4 is 28.7 Å². The maximum absolute atomic E-state index is 5.56. The zero-order valence-electron chi connectivity index (χ0n) is 14.2. The van der Waals surface area contributed by atoms with Crippen LogP contribution in [0.4, 0.5) is 11.4 Å². The number of piperazine rings is 1. The lowest BCUT2D eigenvalue weighted by Gasteiger charge is -2.37. The Balaban J connectivity index is 1.56. The van der Waals surface area contributed by atoms with Crippen molar-refractivity contribution in [1.82, 2.24) is 4.90 Å². The zero-order chi connectivity index (χ0) is 16.9. The molecule has 1 heterocycles. The highest BCUT2D eigenvalue weighted by atomic mass is 32.1. The van der Waals surface area contributed by atoms with E-state index in [1.54, 1.807) is 7.11 Å².